The molecule has 1 aliphatic rings. The number of piperazine rings is 1. The molecule has 6 heteroatoms. The third-order valence-electron chi connectivity index (χ3n) is 3.12. The highest BCUT2D eigenvalue weighted by molar-refractivity contribution is 9.10. The minimum atomic E-state index is -0.0863. The molecule has 0 bridgehead atoms. The van der Waals surface area contributed by atoms with Crippen molar-refractivity contribution in [3.05, 3.63) is 15.9 Å². The highest BCUT2D eigenvalue weighted by Gasteiger charge is 2.26. The third kappa shape index (κ3) is 2.37. The molecule has 1 aliphatic heterocycles. The highest BCUT2D eigenvalue weighted by Crippen LogP contribution is 2.22. The van der Waals surface area contributed by atoms with Crippen molar-refractivity contribution in [3.63, 3.8) is 0 Å². The van der Waals surface area contributed by atoms with E-state index >= 15 is 0 Å². The van der Waals surface area contributed by atoms with Crippen LogP contribution in [0.3, 0.4) is 0 Å². The molecule has 1 amide bonds. The van der Waals surface area contributed by atoms with E-state index in [1.807, 2.05) is 30.5 Å². The topological polar surface area (TPSA) is 50.2 Å². The summed E-state index contributed by atoms with van der Waals surface area (Å²) in [7, 11) is 1.91. The van der Waals surface area contributed by atoms with Gasteiger partial charge in [0, 0.05) is 20.1 Å². The molecule has 1 unspecified atom stereocenters. The summed E-state index contributed by atoms with van der Waals surface area (Å²) in [6, 6.07) is -0.0863. The van der Waals surface area contributed by atoms with Gasteiger partial charge in [0.05, 0.1) is 28.4 Å². The maximum atomic E-state index is 12.0. The normalized spacial score (nSPS) is 21.1. The number of aromatic nitrogens is 2. The molecular weight excluding hydrogens is 284 g/mol. The Morgan fingerprint density at radius 3 is 2.88 bits per heavy atom. The standard InChI is InChI=1S/C11H17BrN4O/c1-7-10(12)9(15(3)14-7)6-16-5-4-13-8(2)11(16)17/h8,13H,4-6H2,1-3H3. The van der Waals surface area contributed by atoms with Crippen LogP contribution in [0.1, 0.15) is 18.3 Å². The molecule has 0 aromatic carbocycles. The summed E-state index contributed by atoms with van der Waals surface area (Å²) in [6.07, 6.45) is 0. The van der Waals surface area contributed by atoms with Crippen LogP contribution in [0.4, 0.5) is 0 Å². The summed E-state index contributed by atoms with van der Waals surface area (Å²) >= 11 is 3.53. The van der Waals surface area contributed by atoms with Crippen molar-refractivity contribution in [1.29, 1.82) is 0 Å². The van der Waals surface area contributed by atoms with Gasteiger partial charge < -0.3 is 10.2 Å². The number of nitrogens with zero attached hydrogens (tertiary/aromatic N) is 3. The molecule has 5 nitrogen and oxygen atoms in total. The van der Waals surface area contributed by atoms with Crippen LogP contribution in [0, 0.1) is 6.92 Å². The lowest BCUT2D eigenvalue weighted by Gasteiger charge is -2.31. The largest absolute Gasteiger partial charge is 0.334 e. The Hall–Kier alpha value is -0.880. The molecule has 1 aromatic rings. The molecule has 0 aliphatic carbocycles. The number of carbonyl (C=O) groups excluding carboxylic acids is 1. The van der Waals surface area contributed by atoms with Crippen LogP contribution in [0.25, 0.3) is 0 Å². The second kappa shape index (κ2) is 4.78. The molecule has 2 heterocycles. The number of halogens is 1. The summed E-state index contributed by atoms with van der Waals surface area (Å²) in [4.78, 5) is 13.9. The summed E-state index contributed by atoms with van der Waals surface area (Å²) in [5.41, 5.74) is 2.00. The number of hydrogen-bond donors (Lipinski definition) is 1. The van der Waals surface area contributed by atoms with Crippen LogP contribution >= 0.6 is 15.9 Å². The van der Waals surface area contributed by atoms with Crippen LogP contribution in [0.2, 0.25) is 0 Å². The molecule has 0 spiro atoms. The molecule has 2 rings (SSSR count). The molecule has 1 atom stereocenters. The van der Waals surface area contributed by atoms with Crippen molar-refractivity contribution in [2.45, 2.75) is 26.4 Å². The Balaban J connectivity index is 2.17. The number of amides is 1. The molecule has 1 fully saturated rings. The van der Waals surface area contributed by atoms with Gasteiger partial charge in [0.1, 0.15) is 0 Å². The van der Waals surface area contributed by atoms with E-state index < -0.39 is 0 Å². The average molecular weight is 301 g/mol. The van der Waals surface area contributed by atoms with Gasteiger partial charge >= 0.3 is 0 Å². The number of carbonyl (C=O) groups is 1. The number of rotatable bonds is 2. The zero-order valence-electron chi connectivity index (χ0n) is 10.3. The maximum absolute atomic E-state index is 12.0. The molecule has 17 heavy (non-hydrogen) atoms. The van der Waals surface area contributed by atoms with E-state index in [0.29, 0.717) is 6.54 Å². The first kappa shape index (κ1) is 12.6. The van der Waals surface area contributed by atoms with Crippen molar-refractivity contribution < 1.29 is 4.79 Å². The van der Waals surface area contributed by atoms with Gasteiger partial charge in [0.25, 0.3) is 0 Å². The smallest absolute Gasteiger partial charge is 0.239 e. The predicted octanol–water partition coefficient (Wildman–Crippen LogP) is 0.811. The van der Waals surface area contributed by atoms with E-state index in [0.717, 1.165) is 29.0 Å². The molecule has 1 saturated heterocycles. The minimum Gasteiger partial charge on any atom is -0.334 e. The van der Waals surface area contributed by atoms with Gasteiger partial charge in [0.15, 0.2) is 0 Å². The molecule has 1 aromatic heterocycles. The van der Waals surface area contributed by atoms with Crippen LogP contribution < -0.4 is 5.32 Å². The molecule has 1 N–H and O–H groups in total. The molecule has 94 valence electrons. The Morgan fingerprint density at radius 1 is 1.59 bits per heavy atom. The maximum Gasteiger partial charge on any atom is 0.239 e. The van der Waals surface area contributed by atoms with Gasteiger partial charge in [-0.1, -0.05) is 0 Å². The average Bonchev–Trinajstić information content (AvgIpc) is 2.51. The van der Waals surface area contributed by atoms with E-state index in [4.69, 9.17) is 0 Å². The lowest BCUT2D eigenvalue weighted by molar-refractivity contribution is -0.135. The fourth-order valence-electron chi connectivity index (χ4n) is 2.08. The first-order chi connectivity index (χ1) is 8.00. The van der Waals surface area contributed by atoms with Crippen LogP contribution in [-0.4, -0.2) is 39.7 Å². The van der Waals surface area contributed by atoms with E-state index in [2.05, 4.69) is 26.3 Å². The quantitative estimate of drug-likeness (QED) is 0.879. The van der Waals surface area contributed by atoms with Crippen LogP contribution in [0.5, 0.6) is 0 Å². The SMILES string of the molecule is Cc1nn(C)c(CN2CCNC(C)C2=O)c1Br. The van der Waals surface area contributed by atoms with E-state index in [1.165, 1.54) is 0 Å². The van der Waals surface area contributed by atoms with Crippen LogP contribution in [-0.2, 0) is 18.4 Å². The summed E-state index contributed by atoms with van der Waals surface area (Å²) in [5, 5.41) is 7.49. The number of hydrogen-bond acceptors (Lipinski definition) is 3. The lowest BCUT2D eigenvalue weighted by atomic mass is 10.2. The molecular formula is C11H17BrN4O. The molecule has 0 saturated carbocycles. The number of aryl methyl sites for hydroxylation is 2. The molecule has 0 radical (unpaired) electrons. The van der Waals surface area contributed by atoms with Gasteiger partial charge in [0.2, 0.25) is 5.91 Å². The minimum absolute atomic E-state index is 0.0863. The van der Waals surface area contributed by atoms with Gasteiger partial charge in [-0.3, -0.25) is 9.48 Å². The summed E-state index contributed by atoms with van der Waals surface area (Å²) in [5.74, 6) is 0.155. The van der Waals surface area contributed by atoms with Crippen molar-refractivity contribution in [2.75, 3.05) is 13.1 Å². The van der Waals surface area contributed by atoms with Crippen molar-refractivity contribution >= 4 is 21.8 Å². The fraction of sp³-hybridized carbons (Fsp3) is 0.636. The first-order valence-corrected chi connectivity index (χ1v) is 6.50. The zero-order chi connectivity index (χ0) is 12.6. The Kier molecular flexibility index (Phi) is 3.53. The Labute approximate surface area is 109 Å². The van der Waals surface area contributed by atoms with Crippen molar-refractivity contribution in [3.8, 4) is 0 Å². The predicted molar refractivity (Wildman–Crippen MR) is 68.5 cm³/mol. The van der Waals surface area contributed by atoms with Gasteiger partial charge in [-0.2, -0.15) is 5.10 Å². The van der Waals surface area contributed by atoms with E-state index in [-0.39, 0.29) is 11.9 Å². The summed E-state index contributed by atoms with van der Waals surface area (Å²) < 4.78 is 2.83. The number of nitrogens with one attached hydrogen (secondary N) is 1. The second-order valence-electron chi connectivity index (χ2n) is 4.41. The second-order valence-corrected chi connectivity index (χ2v) is 5.20. The first-order valence-electron chi connectivity index (χ1n) is 5.71. The van der Waals surface area contributed by atoms with E-state index in [1.54, 1.807) is 0 Å². The van der Waals surface area contributed by atoms with Gasteiger partial charge in [-0.25, -0.2) is 0 Å². The third-order valence-corrected chi connectivity index (χ3v) is 4.15. The van der Waals surface area contributed by atoms with E-state index in [9.17, 15) is 4.79 Å². The monoisotopic (exact) mass is 300 g/mol. The van der Waals surface area contributed by atoms with Crippen LogP contribution in [0.15, 0.2) is 4.47 Å². The highest BCUT2D eigenvalue weighted by atomic mass is 79.9. The van der Waals surface area contributed by atoms with Gasteiger partial charge in [-0.15, -0.1) is 0 Å². The fourth-order valence-corrected chi connectivity index (χ4v) is 2.54. The zero-order valence-corrected chi connectivity index (χ0v) is 11.9. The lowest BCUT2D eigenvalue weighted by Crippen LogP contribution is -2.53. The van der Waals surface area contributed by atoms with Crippen molar-refractivity contribution in [2.24, 2.45) is 7.05 Å². The van der Waals surface area contributed by atoms with Crippen molar-refractivity contribution in [1.82, 2.24) is 20.0 Å². The van der Waals surface area contributed by atoms with Gasteiger partial charge in [-0.05, 0) is 29.8 Å². The summed E-state index contributed by atoms with van der Waals surface area (Å²) in [6.45, 7) is 6.07. The Morgan fingerprint density at radius 2 is 2.29 bits per heavy atom. The Bertz CT molecular complexity index is 443.